The second-order valence-corrected chi connectivity index (χ2v) is 10.9. The molecule has 0 saturated carbocycles. The van der Waals surface area contributed by atoms with Gasteiger partial charge in [-0.1, -0.05) is 0 Å². The number of hydrogen-bond donors (Lipinski definition) is 4. The first-order chi connectivity index (χ1) is 18.5. The predicted octanol–water partition coefficient (Wildman–Crippen LogP) is 2.75. The van der Waals surface area contributed by atoms with Crippen molar-refractivity contribution in [3.05, 3.63) is 69.8 Å². The van der Waals surface area contributed by atoms with E-state index >= 15 is 0 Å². The van der Waals surface area contributed by atoms with Crippen molar-refractivity contribution >= 4 is 57.2 Å². The molecule has 0 fully saturated rings. The van der Waals surface area contributed by atoms with Crippen LogP contribution in [0.15, 0.2) is 46.4 Å². The molecule has 0 aliphatic heterocycles. The lowest BCUT2D eigenvalue weighted by atomic mass is 10.0. The summed E-state index contributed by atoms with van der Waals surface area (Å²) in [5.74, 6) is -7.24. The summed E-state index contributed by atoms with van der Waals surface area (Å²) in [6, 6.07) is 7.32. The number of aromatic carboxylic acids is 4. The summed E-state index contributed by atoms with van der Waals surface area (Å²) in [6.07, 6.45) is 3.34. The first-order valence-corrected chi connectivity index (χ1v) is 13.4. The van der Waals surface area contributed by atoms with Crippen molar-refractivity contribution in [1.29, 1.82) is 0 Å². The van der Waals surface area contributed by atoms with Crippen LogP contribution in [0, 0.1) is 0 Å². The van der Waals surface area contributed by atoms with E-state index in [2.05, 4.69) is 9.98 Å². The molecule has 0 heterocycles. The molecule has 0 aliphatic rings. The van der Waals surface area contributed by atoms with Gasteiger partial charge in [0.25, 0.3) is 11.8 Å². The van der Waals surface area contributed by atoms with E-state index in [1.165, 1.54) is 19.5 Å². The number of benzene rings is 2. The molecule has 4 N–H and O–H groups in total. The minimum atomic E-state index is -1.80. The molecule has 204 valence electrons. The lowest BCUT2D eigenvalue weighted by molar-refractivity contribution is 0.0674. The molecule has 14 heteroatoms. The standard InChI is InChI=1S/C25H24N2O11Si/c1-38-39(10-2-8-26-20(28)16-6-4-14(22(30)31)12-18(16)24(34)35)11-3-9-27-21(29)17-7-5-15(23(32)33)13-19(17)25(36)37/h4-9,12-13,39H,2-3,10-11H2,1H3,(H,30,31)(H,32,33)(H,34,35)(H,36,37). The van der Waals surface area contributed by atoms with E-state index in [9.17, 15) is 39.0 Å². The van der Waals surface area contributed by atoms with Crippen molar-refractivity contribution in [2.24, 2.45) is 9.98 Å². The number of carboxylic acid groups (broad SMARTS) is 4. The molecule has 0 aliphatic carbocycles. The molecular weight excluding hydrogens is 532 g/mol. The summed E-state index contributed by atoms with van der Waals surface area (Å²) < 4.78 is 5.49. The van der Waals surface area contributed by atoms with Gasteiger partial charge in [0.1, 0.15) is 0 Å². The van der Waals surface area contributed by atoms with Gasteiger partial charge in [0, 0.05) is 19.5 Å². The maximum absolute atomic E-state index is 12.3. The van der Waals surface area contributed by atoms with Gasteiger partial charge in [0.05, 0.1) is 33.4 Å². The fourth-order valence-electron chi connectivity index (χ4n) is 3.42. The third-order valence-electron chi connectivity index (χ3n) is 5.44. The monoisotopic (exact) mass is 556 g/mol. The van der Waals surface area contributed by atoms with E-state index in [-0.39, 0.29) is 22.3 Å². The minimum absolute atomic E-state index is 0.242. The molecule has 0 saturated heterocycles. The van der Waals surface area contributed by atoms with Crippen LogP contribution in [0.5, 0.6) is 0 Å². The first kappa shape index (κ1) is 30.4. The number of nitrogens with zero attached hydrogens (tertiary/aromatic N) is 2. The van der Waals surface area contributed by atoms with Crippen molar-refractivity contribution in [1.82, 2.24) is 0 Å². The Morgan fingerprint density at radius 1 is 0.667 bits per heavy atom. The Morgan fingerprint density at radius 3 is 1.36 bits per heavy atom. The smallest absolute Gasteiger partial charge is 0.336 e. The van der Waals surface area contributed by atoms with Crippen LogP contribution >= 0.6 is 0 Å². The molecular formula is C25H24N2O11Si. The zero-order valence-corrected chi connectivity index (χ0v) is 21.7. The summed E-state index contributed by atoms with van der Waals surface area (Å²) in [5, 5.41) is 36.6. The Kier molecular flexibility index (Phi) is 11.1. The van der Waals surface area contributed by atoms with Gasteiger partial charge >= 0.3 is 23.9 Å². The highest BCUT2D eigenvalue weighted by molar-refractivity contribution is 6.52. The molecule has 2 aromatic carbocycles. The molecule has 39 heavy (non-hydrogen) atoms. The number of rotatable bonds is 13. The van der Waals surface area contributed by atoms with Crippen LogP contribution in [-0.4, -0.2) is 84.7 Å². The summed E-state index contributed by atoms with van der Waals surface area (Å²) in [6.45, 7) is 0. The van der Waals surface area contributed by atoms with Crippen molar-refractivity contribution in [2.75, 3.05) is 7.11 Å². The Hall–Kier alpha value is -4.82. The third-order valence-corrected chi connectivity index (χ3v) is 8.06. The van der Waals surface area contributed by atoms with Gasteiger partial charge in [-0.3, -0.25) is 9.59 Å². The predicted molar refractivity (Wildman–Crippen MR) is 139 cm³/mol. The summed E-state index contributed by atoms with van der Waals surface area (Å²) in [7, 11) is -0.277. The van der Waals surface area contributed by atoms with Crippen LogP contribution in [0.2, 0.25) is 12.1 Å². The van der Waals surface area contributed by atoms with Crippen LogP contribution in [0.4, 0.5) is 0 Å². The van der Waals surface area contributed by atoms with Gasteiger partial charge in [-0.05, 0) is 61.3 Å². The quantitative estimate of drug-likeness (QED) is 0.208. The molecule has 2 aromatic rings. The van der Waals surface area contributed by atoms with Crippen LogP contribution in [0.1, 0.15) is 75.0 Å². The second-order valence-electron chi connectivity index (χ2n) is 7.99. The molecule has 0 unspecified atom stereocenters. The third kappa shape index (κ3) is 8.62. The number of carbonyl (C=O) groups excluding carboxylic acids is 2. The van der Waals surface area contributed by atoms with Crippen LogP contribution < -0.4 is 0 Å². The van der Waals surface area contributed by atoms with Crippen molar-refractivity contribution in [3.63, 3.8) is 0 Å². The Bertz CT molecular complexity index is 1270. The molecule has 0 bridgehead atoms. The molecule has 0 spiro atoms. The van der Waals surface area contributed by atoms with E-state index in [1.807, 2.05) is 0 Å². The first-order valence-electron chi connectivity index (χ1n) is 11.3. The Morgan fingerprint density at radius 2 is 1.05 bits per heavy atom. The largest absolute Gasteiger partial charge is 0.478 e. The average Bonchev–Trinajstić information content (AvgIpc) is 2.90. The molecule has 2 amide bonds. The highest BCUT2D eigenvalue weighted by atomic mass is 28.3. The summed E-state index contributed by atoms with van der Waals surface area (Å²) in [4.78, 5) is 77.1. The topological polar surface area (TPSA) is 217 Å². The zero-order valence-electron chi connectivity index (χ0n) is 20.6. The highest BCUT2D eigenvalue weighted by Crippen LogP contribution is 2.16. The average molecular weight is 557 g/mol. The maximum Gasteiger partial charge on any atom is 0.336 e. The molecule has 0 aromatic heterocycles. The van der Waals surface area contributed by atoms with Gasteiger partial charge in [-0.2, -0.15) is 0 Å². The molecule has 13 nitrogen and oxygen atoms in total. The normalized spacial score (nSPS) is 11.9. The number of hydrogen-bond acceptors (Lipinski definition) is 7. The van der Waals surface area contributed by atoms with Crippen molar-refractivity contribution in [2.45, 2.75) is 24.9 Å². The van der Waals surface area contributed by atoms with Crippen LogP contribution in [0.3, 0.4) is 0 Å². The van der Waals surface area contributed by atoms with Crippen molar-refractivity contribution < 1.29 is 53.6 Å². The van der Waals surface area contributed by atoms with Crippen LogP contribution in [0.25, 0.3) is 0 Å². The lowest BCUT2D eigenvalue weighted by Gasteiger charge is -2.10. The zero-order chi connectivity index (χ0) is 29.1. The molecule has 0 radical (unpaired) electrons. The van der Waals surface area contributed by atoms with Gasteiger partial charge in [-0.15, -0.1) is 0 Å². The van der Waals surface area contributed by atoms with E-state index in [0.717, 1.165) is 36.4 Å². The fourth-order valence-corrected chi connectivity index (χ4v) is 5.22. The lowest BCUT2D eigenvalue weighted by Crippen LogP contribution is -2.16. The SMILES string of the molecule is CO[SiH](CCC=NC(=O)c1ccc(C(=O)O)cc1C(=O)O)CCC=NC(=O)c1ccc(C(=O)O)cc1C(=O)O. The number of carboxylic acids is 4. The van der Waals surface area contributed by atoms with Crippen molar-refractivity contribution in [3.8, 4) is 0 Å². The van der Waals surface area contributed by atoms with Gasteiger partial charge in [0.2, 0.25) is 0 Å². The van der Waals surface area contributed by atoms with E-state index in [4.69, 9.17) is 14.6 Å². The number of aliphatic imine (C=N–C) groups is 2. The number of carbonyl (C=O) groups is 6. The minimum Gasteiger partial charge on any atom is -0.478 e. The molecule has 0 atom stereocenters. The number of amides is 2. The van der Waals surface area contributed by atoms with Gasteiger partial charge in [-0.25, -0.2) is 29.2 Å². The van der Waals surface area contributed by atoms with E-state index in [1.54, 1.807) is 0 Å². The van der Waals surface area contributed by atoms with Gasteiger partial charge < -0.3 is 24.9 Å². The Balaban J connectivity index is 1.93. The second kappa shape index (κ2) is 14.2. The maximum atomic E-state index is 12.3. The summed E-state index contributed by atoms with van der Waals surface area (Å²) in [5.41, 5.74) is -1.97. The highest BCUT2D eigenvalue weighted by Gasteiger charge is 2.20. The fraction of sp³-hybridized carbons (Fsp3) is 0.200. The van der Waals surface area contributed by atoms with Gasteiger partial charge in [0.15, 0.2) is 9.04 Å². The van der Waals surface area contributed by atoms with E-state index in [0.29, 0.717) is 24.9 Å². The van der Waals surface area contributed by atoms with Crippen LogP contribution in [-0.2, 0) is 4.43 Å². The Labute approximate surface area is 222 Å². The molecule has 2 rings (SSSR count). The summed E-state index contributed by atoms with van der Waals surface area (Å²) >= 11 is 0. The van der Waals surface area contributed by atoms with E-state index < -0.39 is 55.9 Å².